The van der Waals surface area contributed by atoms with Gasteiger partial charge in [0.1, 0.15) is 22.1 Å². The zero-order valence-corrected chi connectivity index (χ0v) is 22.7. The lowest BCUT2D eigenvalue weighted by molar-refractivity contribution is -0.120. The molecule has 2 heterocycles. The van der Waals surface area contributed by atoms with Crippen LogP contribution in [0.3, 0.4) is 0 Å². The molecule has 2 aromatic heterocycles. The van der Waals surface area contributed by atoms with E-state index in [9.17, 15) is 19.2 Å². The Hall–Kier alpha value is -3.73. The maximum absolute atomic E-state index is 13.7. The predicted molar refractivity (Wildman–Crippen MR) is 146 cm³/mol. The number of nitrogens with zero attached hydrogens (tertiary/aromatic N) is 3. The molecule has 188 valence electrons. The highest BCUT2D eigenvalue weighted by atomic mass is 35.5. The highest BCUT2D eigenvalue weighted by molar-refractivity contribution is 7.07. The first-order chi connectivity index (χ1) is 17.4. The highest BCUT2D eigenvalue weighted by Crippen LogP contribution is 2.23. The van der Waals surface area contributed by atoms with Crippen molar-refractivity contribution < 1.29 is 9.18 Å². The van der Waals surface area contributed by atoms with Crippen LogP contribution in [-0.2, 0) is 4.79 Å². The summed E-state index contributed by atoms with van der Waals surface area (Å²) in [7, 11) is 0. The van der Waals surface area contributed by atoms with E-state index >= 15 is 0 Å². The summed E-state index contributed by atoms with van der Waals surface area (Å²) in [6.45, 7) is 9.09. The van der Waals surface area contributed by atoms with Crippen LogP contribution in [0.15, 0.2) is 59.4 Å². The fourth-order valence-electron chi connectivity index (χ4n) is 4.11. The van der Waals surface area contributed by atoms with Gasteiger partial charge >= 0.3 is 0 Å². The van der Waals surface area contributed by atoms with E-state index in [0.29, 0.717) is 15.2 Å². The molecule has 0 aliphatic rings. The lowest BCUT2D eigenvalue weighted by Gasteiger charge is -2.15. The lowest BCUT2D eigenvalue weighted by atomic mass is 9.87. The number of carbonyl (C=O) groups is 1. The molecule has 0 aliphatic heterocycles. The van der Waals surface area contributed by atoms with Gasteiger partial charge in [-0.15, -0.1) is 11.3 Å². The van der Waals surface area contributed by atoms with Crippen LogP contribution >= 0.6 is 22.9 Å². The second kappa shape index (κ2) is 9.97. The highest BCUT2D eigenvalue weighted by Gasteiger charge is 2.27. The fourth-order valence-corrected chi connectivity index (χ4v) is 5.33. The summed E-state index contributed by atoms with van der Waals surface area (Å²) in [6.07, 6.45) is 1.77. The van der Waals surface area contributed by atoms with Gasteiger partial charge in [0.15, 0.2) is 5.78 Å². The van der Waals surface area contributed by atoms with E-state index in [4.69, 9.17) is 11.6 Å². The molecule has 0 saturated heterocycles. The van der Waals surface area contributed by atoms with Gasteiger partial charge in [-0.25, -0.2) is 4.39 Å². The molecule has 0 unspecified atom stereocenters. The number of rotatable bonds is 4. The Balaban J connectivity index is 2.03. The van der Waals surface area contributed by atoms with Gasteiger partial charge < -0.3 is 4.57 Å². The molecule has 2 aromatic carbocycles. The van der Waals surface area contributed by atoms with Crippen LogP contribution in [0.25, 0.3) is 23.0 Å². The van der Waals surface area contributed by atoms with Crippen molar-refractivity contribution in [3.63, 3.8) is 0 Å². The van der Waals surface area contributed by atoms with Crippen molar-refractivity contribution in [2.45, 2.75) is 34.6 Å². The minimum Gasteiger partial charge on any atom is -0.318 e. The third-order valence-corrected chi connectivity index (χ3v) is 7.33. The lowest BCUT2D eigenvalue weighted by Crippen LogP contribution is -2.33. The largest absolute Gasteiger partial charge is 0.318 e. The molecule has 4 aromatic rings. The molecule has 0 fully saturated rings. The maximum Gasteiger partial charge on any atom is 0.273 e. The zero-order chi connectivity index (χ0) is 27.1. The van der Waals surface area contributed by atoms with Crippen LogP contribution in [0.4, 0.5) is 4.39 Å². The quantitative estimate of drug-likeness (QED) is 0.361. The first-order valence-corrected chi connectivity index (χ1v) is 12.8. The molecule has 0 amide bonds. The number of nitriles is 1. The standard InChI is InChI=1S/C29H25ClFN3O2S/c1-17-14-19(18(2)33(17)22-10-6-20(30)7-11-22)15-25-27(36)34(23-12-8-21(31)9-13-23)28(37-25)24(16-32)26(35)29(3,4)5/h6-15H,1-5H3/b25-15-,28-24+. The van der Waals surface area contributed by atoms with Crippen molar-refractivity contribution in [1.82, 2.24) is 9.13 Å². The van der Waals surface area contributed by atoms with Crippen LogP contribution in [0.1, 0.15) is 37.7 Å². The second-order valence-electron chi connectivity index (χ2n) is 9.74. The molecule has 0 bridgehead atoms. The van der Waals surface area contributed by atoms with Gasteiger partial charge in [0, 0.05) is 27.5 Å². The summed E-state index contributed by atoms with van der Waals surface area (Å²) >= 11 is 7.12. The van der Waals surface area contributed by atoms with E-state index in [1.54, 1.807) is 26.8 Å². The van der Waals surface area contributed by atoms with Crippen LogP contribution in [0.2, 0.25) is 5.02 Å². The summed E-state index contributed by atoms with van der Waals surface area (Å²) in [5, 5.41) is 10.6. The minimum absolute atomic E-state index is 0.106. The first-order valence-electron chi connectivity index (χ1n) is 11.6. The normalized spacial score (nSPS) is 13.0. The second-order valence-corrected chi connectivity index (χ2v) is 11.2. The number of aromatic nitrogens is 2. The van der Waals surface area contributed by atoms with Gasteiger partial charge in [-0.2, -0.15) is 5.26 Å². The Morgan fingerprint density at radius 1 is 1.03 bits per heavy atom. The summed E-state index contributed by atoms with van der Waals surface area (Å²) in [4.78, 5) is 26.8. The third-order valence-electron chi connectivity index (χ3n) is 5.98. The molecular formula is C29H25ClFN3O2S. The summed E-state index contributed by atoms with van der Waals surface area (Å²) in [5.41, 5.74) is 2.69. The molecule has 0 spiro atoms. The monoisotopic (exact) mass is 533 g/mol. The summed E-state index contributed by atoms with van der Waals surface area (Å²) < 4.78 is 17.6. The smallest absolute Gasteiger partial charge is 0.273 e. The van der Waals surface area contributed by atoms with E-state index < -0.39 is 16.8 Å². The van der Waals surface area contributed by atoms with Gasteiger partial charge in [0.25, 0.3) is 5.56 Å². The molecule has 4 rings (SSSR count). The van der Waals surface area contributed by atoms with E-state index in [-0.39, 0.29) is 16.0 Å². The van der Waals surface area contributed by atoms with Gasteiger partial charge in [-0.05, 0) is 80.1 Å². The zero-order valence-electron chi connectivity index (χ0n) is 21.1. The summed E-state index contributed by atoms with van der Waals surface area (Å²) in [6, 6.07) is 16.9. The molecule has 5 nitrogen and oxygen atoms in total. The first kappa shape index (κ1) is 26.3. The Morgan fingerprint density at radius 2 is 1.59 bits per heavy atom. The topological polar surface area (TPSA) is 67.8 Å². The minimum atomic E-state index is -0.827. The van der Waals surface area contributed by atoms with Crippen molar-refractivity contribution in [3.05, 3.63) is 102 Å². The molecule has 37 heavy (non-hydrogen) atoms. The van der Waals surface area contributed by atoms with Crippen molar-refractivity contribution in [3.8, 4) is 17.4 Å². The number of thiazole rings is 1. The number of aryl methyl sites for hydroxylation is 1. The van der Waals surface area contributed by atoms with Crippen molar-refractivity contribution in [2.75, 3.05) is 0 Å². The molecule has 8 heteroatoms. The average molecular weight is 534 g/mol. The van der Waals surface area contributed by atoms with E-state index in [0.717, 1.165) is 34.0 Å². The third kappa shape index (κ3) is 5.08. The predicted octanol–water partition coefficient (Wildman–Crippen LogP) is 5.22. The summed E-state index contributed by atoms with van der Waals surface area (Å²) in [5.74, 6) is -0.829. The van der Waals surface area contributed by atoms with Gasteiger partial charge in [0.05, 0.1) is 10.2 Å². The van der Waals surface area contributed by atoms with Gasteiger partial charge in [-0.3, -0.25) is 14.2 Å². The number of carbonyl (C=O) groups excluding carboxylic acids is 1. The van der Waals surface area contributed by atoms with Crippen LogP contribution < -0.4 is 14.8 Å². The van der Waals surface area contributed by atoms with Crippen LogP contribution in [-0.4, -0.2) is 14.9 Å². The van der Waals surface area contributed by atoms with E-state index in [1.807, 2.05) is 50.2 Å². The van der Waals surface area contributed by atoms with Crippen LogP contribution in [0, 0.1) is 36.4 Å². The number of hydrogen-bond donors (Lipinski definition) is 0. The molecule has 0 radical (unpaired) electrons. The average Bonchev–Trinajstić information content (AvgIpc) is 3.30. The molecular weight excluding hydrogens is 509 g/mol. The number of benzene rings is 2. The number of Topliss-reactive ketones (excluding diaryl/α,β-unsaturated/α-hetero) is 1. The van der Waals surface area contributed by atoms with Crippen molar-refractivity contribution >= 4 is 40.4 Å². The Bertz CT molecular complexity index is 1730. The van der Waals surface area contributed by atoms with E-state index in [2.05, 4.69) is 4.57 Å². The van der Waals surface area contributed by atoms with E-state index in [1.165, 1.54) is 28.8 Å². The molecule has 0 atom stereocenters. The van der Waals surface area contributed by atoms with Gasteiger partial charge in [0.2, 0.25) is 0 Å². The maximum atomic E-state index is 13.7. The Morgan fingerprint density at radius 3 is 2.16 bits per heavy atom. The number of halogens is 2. The van der Waals surface area contributed by atoms with Gasteiger partial charge in [-0.1, -0.05) is 32.4 Å². The van der Waals surface area contributed by atoms with Crippen molar-refractivity contribution in [2.24, 2.45) is 5.41 Å². The molecule has 0 N–H and O–H groups in total. The number of hydrogen-bond acceptors (Lipinski definition) is 4. The SMILES string of the molecule is Cc1cc(/C=c2\s/c(=C(\C#N)C(=O)C(C)(C)C)n(-c3ccc(F)cc3)c2=O)c(C)n1-c1ccc(Cl)cc1. The Labute approximate surface area is 223 Å². The van der Waals surface area contributed by atoms with Crippen molar-refractivity contribution in [1.29, 1.82) is 5.26 Å². The van der Waals surface area contributed by atoms with Crippen LogP contribution in [0.5, 0.6) is 0 Å². The molecule has 0 aliphatic carbocycles. The fraction of sp³-hybridized carbons (Fsp3) is 0.207. The molecule has 0 saturated carbocycles. The number of ketones is 1. The Kier molecular flexibility index (Phi) is 7.09.